The summed E-state index contributed by atoms with van der Waals surface area (Å²) in [7, 11) is 0. The Morgan fingerprint density at radius 1 is 0.969 bits per heavy atom. The van der Waals surface area contributed by atoms with Crippen molar-refractivity contribution in [3.63, 3.8) is 0 Å². The number of benzene rings is 1. The molecule has 1 aromatic carbocycles. The van der Waals surface area contributed by atoms with Crippen LogP contribution in [-0.2, 0) is 4.79 Å². The Labute approximate surface area is 183 Å². The van der Waals surface area contributed by atoms with E-state index in [1.54, 1.807) is 0 Å². The fraction of sp³-hybridized carbons (Fsp3) is 0.391. The van der Waals surface area contributed by atoms with E-state index in [0.717, 1.165) is 30.4 Å². The smallest absolute Gasteiger partial charge is 0.256 e. The highest BCUT2D eigenvalue weighted by Crippen LogP contribution is 2.34. The van der Waals surface area contributed by atoms with Crippen molar-refractivity contribution in [1.29, 1.82) is 0 Å². The summed E-state index contributed by atoms with van der Waals surface area (Å²) in [5.74, 6) is -1.41. The molecular formula is C23H23F2N5O2. The number of aromatic nitrogens is 3. The molecule has 9 heteroatoms. The fourth-order valence-electron chi connectivity index (χ4n) is 4.78. The highest BCUT2D eigenvalue weighted by molar-refractivity contribution is 5.94. The summed E-state index contributed by atoms with van der Waals surface area (Å²) >= 11 is 0. The molecular weight excluding hydrogens is 416 g/mol. The molecule has 5 rings (SSSR count). The predicted molar refractivity (Wildman–Crippen MR) is 112 cm³/mol. The second-order valence-corrected chi connectivity index (χ2v) is 8.37. The lowest BCUT2D eigenvalue weighted by atomic mass is 9.94. The van der Waals surface area contributed by atoms with Gasteiger partial charge in [-0.05, 0) is 49.9 Å². The first-order chi connectivity index (χ1) is 15.5. The normalized spacial score (nSPS) is 19.6. The molecule has 32 heavy (non-hydrogen) atoms. The van der Waals surface area contributed by atoms with Crippen molar-refractivity contribution in [2.24, 2.45) is 5.92 Å². The average molecular weight is 439 g/mol. The number of hydrogen-bond acceptors (Lipinski definition) is 4. The first-order valence-corrected chi connectivity index (χ1v) is 10.9. The molecule has 0 spiro atoms. The van der Waals surface area contributed by atoms with Gasteiger partial charge >= 0.3 is 0 Å². The van der Waals surface area contributed by atoms with Crippen molar-refractivity contribution < 1.29 is 18.4 Å². The topological polar surface area (TPSA) is 70.8 Å². The van der Waals surface area contributed by atoms with Gasteiger partial charge in [0.2, 0.25) is 5.91 Å². The van der Waals surface area contributed by atoms with Crippen LogP contribution in [0.5, 0.6) is 0 Å². The van der Waals surface area contributed by atoms with Crippen LogP contribution in [0.25, 0.3) is 5.65 Å². The van der Waals surface area contributed by atoms with Crippen LogP contribution in [0.15, 0.2) is 42.6 Å². The maximum absolute atomic E-state index is 14.0. The number of pyridine rings is 1. The van der Waals surface area contributed by atoms with E-state index in [0.29, 0.717) is 38.5 Å². The van der Waals surface area contributed by atoms with E-state index in [1.165, 1.54) is 11.0 Å². The number of nitrogens with zero attached hydrogens (tertiary/aromatic N) is 5. The Balaban J connectivity index is 1.26. The van der Waals surface area contributed by atoms with Crippen molar-refractivity contribution >= 4 is 17.5 Å². The van der Waals surface area contributed by atoms with Gasteiger partial charge in [-0.15, -0.1) is 10.2 Å². The van der Waals surface area contributed by atoms with E-state index in [2.05, 4.69) is 10.2 Å². The number of piperidine rings is 1. The molecule has 2 aliphatic rings. The van der Waals surface area contributed by atoms with Crippen molar-refractivity contribution in [2.75, 3.05) is 19.6 Å². The highest BCUT2D eigenvalue weighted by atomic mass is 19.1. The molecule has 2 saturated heterocycles. The summed E-state index contributed by atoms with van der Waals surface area (Å²) in [6, 6.07) is 8.54. The monoisotopic (exact) mass is 439 g/mol. The molecule has 166 valence electrons. The van der Waals surface area contributed by atoms with Crippen LogP contribution in [-0.4, -0.2) is 55.8 Å². The number of carbonyl (C=O) groups is 2. The van der Waals surface area contributed by atoms with Gasteiger partial charge < -0.3 is 9.80 Å². The quantitative estimate of drug-likeness (QED) is 0.628. The van der Waals surface area contributed by atoms with Gasteiger partial charge in [-0.1, -0.05) is 6.07 Å². The van der Waals surface area contributed by atoms with Crippen LogP contribution in [0.4, 0.5) is 8.78 Å². The first-order valence-electron chi connectivity index (χ1n) is 10.9. The molecule has 4 heterocycles. The Morgan fingerprint density at radius 2 is 1.78 bits per heavy atom. The van der Waals surface area contributed by atoms with E-state index in [4.69, 9.17) is 0 Å². The summed E-state index contributed by atoms with van der Waals surface area (Å²) in [5, 5.41) is 8.56. The molecule has 0 saturated carbocycles. The average Bonchev–Trinajstić information content (AvgIpc) is 3.45. The lowest BCUT2D eigenvalue weighted by Crippen LogP contribution is -2.44. The zero-order valence-electron chi connectivity index (χ0n) is 17.5. The minimum atomic E-state index is -0.867. The second kappa shape index (κ2) is 8.29. The fourth-order valence-corrected chi connectivity index (χ4v) is 4.78. The second-order valence-electron chi connectivity index (χ2n) is 8.37. The minimum Gasteiger partial charge on any atom is -0.339 e. The molecule has 2 amide bonds. The Morgan fingerprint density at radius 3 is 2.56 bits per heavy atom. The van der Waals surface area contributed by atoms with Gasteiger partial charge in [0.1, 0.15) is 11.6 Å². The maximum atomic E-state index is 14.0. The molecule has 0 bridgehead atoms. The molecule has 2 aliphatic heterocycles. The van der Waals surface area contributed by atoms with E-state index in [1.807, 2.05) is 33.7 Å². The van der Waals surface area contributed by atoms with Gasteiger partial charge in [-0.2, -0.15) is 0 Å². The van der Waals surface area contributed by atoms with Crippen LogP contribution in [0, 0.1) is 17.6 Å². The summed E-state index contributed by atoms with van der Waals surface area (Å²) < 4.78 is 29.1. The lowest BCUT2D eigenvalue weighted by Gasteiger charge is -2.34. The molecule has 3 aromatic rings. The van der Waals surface area contributed by atoms with Gasteiger partial charge in [-0.3, -0.25) is 14.0 Å². The van der Waals surface area contributed by atoms with Crippen molar-refractivity contribution in [1.82, 2.24) is 24.4 Å². The third kappa shape index (κ3) is 3.61. The van der Waals surface area contributed by atoms with Crippen LogP contribution < -0.4 is 0 Å². The molecule has 1 unspecified atom stereocenters. The number of carbonyl (C=O) groups excluding carboxylic acids is 2. The van der Waals surface area contributed by atoms with Crippen LogP contribution in [0.1, 0.15) is 47.9 Å². The first kappa shape index (κ1) is 20.5. The Kier molecular flexibility index (Phi) is 5.32. The molecule has 2 aromatic heterocycles. The highest BCUT2D eigenvalue weighted by Gasteiger charge is 2.38. The SMILES string of the molecule is O=C(c1ccc(F)cc1F)N1CCC(C(=O)N2CCCC2c2nnc3ccccn23)CC1. The standard InChI is InChI=1S/C23H23F2N5O2/c24-16-6-7-17(18(25)14-16)23(32)28-12-8-15(9-13-28)22(31)29-11-3-4-19(29)21-27-26-20-5-1-2-10-30(20)21/h1-2,5-7,10,14-15,19H,3-4,8-9,11-13H2. The van der Waals surface area contributed by atoms with Crippen molar-refractivity contribution in [3.8, 4) is 0 Å². The minimum absolute atomic E-state index is 0.0697. The van der Waals surface area contributed by atoms with E-state index < -0.39 is 17.5 Å². The van der Waals surface area contributed by atoms with Crippen LogP contribution >= 0.6 is 0 Å². The molecule has 0 N–H and O–H groups in total. The van der Waals surface area contributed by atoms with E-state index in [9.17, 15) is 18.4 Å². The van der Waals surface area contributed by atoms with Crippen molar-refractivity contribution in [3.05, 3.63) is 65.6 Å². The van der Waals surface area contributed by atoms with Crippen LogP contribution in [0.3, 0.4) is 0 Å². The number of amides is 2. The number of hydrogen-bond donors (Lipinski definition) is 0. The third-order valence-corrected chi connectivity index (χ3v) is 6.47. The predicted octanol–water partition coefficient (Wildman–Crippen LogP) is 3.22. The van der Waals surface area contributed by atoms with Crippen molar-refractivity contribution in [2.45, 2.75) is 31.7 Å². The lowest BCUT2D eigenvalue weighted by molar-refractivity contribution is -0.138. The Hall–Kier alpha value is -3.36. The summed E-state index contributed by atoms with van der Waals surface area (Å²) in [6.07, 6.45) is 4.67. The van der Waals surface area contributed by atoms with Gasteiger partial charge in [0, 0.05) is 37.8 Å². The molecule has 2 fully saturated rings. The largest absolute Gasteiger partial charge is 0.339 e. The van der Waals surface area contributed by atoms with Gasteiger partial charge in [0.25, 0.3) is 5.91 Å². The zero-order valence-corrected chi connectivity index (χ0v) is 17.5. The van der Waals surface area contributed by atoms with Gasteiger partial charge in [0.05, 0.1) is 11.6 Å². The van der Waals surface area contributed by atoms with E-state index in [-0.39, 0.29) is 23.4 Å². The molecule has 1 atom stereocenters. The van der Waals surface area contributed by atoms with Gasteiger partial charge in [-0.25, -0.2) is 8.78 Å². The zero-order chi connectivity index (χ0) is 22.2. The summed E-state index contributed by atoms with van der Waals surface area (Å²) in [6.45, 7) is 1.39. The third-order valence-electron chi connectivity index (χ3n) is 6.47. The van der Waals surface area contributed by atoms with Crippen LogP contribution in [0.2, 0.25) is 0 Å². The molecule has 7 nitrogen and oxygen atoms in total. The number of halogens is 2. The number of fused-ring (bicyclic) bond motifs is 1. The van der Waals surface area contributed by atoms with E-state index >= 15 is 0 Å². The number of rotatable bonds is 3. The summed E-state index contributed by atoms with van der Waals surface area (Å²) in [4.78, 5) is 29.4. The Bertz CT molecular complexity index is 1170. The van der Waals surface area contributed by atoms with Gasteiger partial charge in [0.15, 0.2) is 11.5 Å². The maximum Gasteiger partial charge on any atom is 0.256 e. The summed E-state index contributed by atoms with van der Waals surface area (Å²) in [5.41, 5.74) is 0.608. The number of likely N-dealkylation sites (tertiary alicyclic amines) is 2. The molecule has 0 aliphatic carbocycles. The molecule has 0 radical (unpaired) electrons.